The second kappa shape index (κ2) is 9.86. The molecule has 4 rings (SSSR count). The van der Waals surface area contributed by atoms with Crippen molar-refractivity contribution in [3.8, 4) is 0 Å². The molecule has 7 nitrogen and oxygen atoms in total. The van der Waals surface area contributed by atoms with Crippen molar-refractivity contribution in [2.24, 2.45) is 0 Å². The van der Waals surface area contributed by atoms with E-state index >= 15 is 0 Å². The van der Waals surface area contributed by atoms with Gasteiger partial charge in [0.1, 0.15) is 5.82 Å². The minimum absolute atomic E-state index is 0.00430. The smallest absolute Gasteiger partial charge is 0.267 e. The normalized spacial score (nSPS) is 20.8. The van der Waals surface area contributed by atoms with Crippen molar-refractivity contribution in [1.82, 2.24) is 15.1 Å². The zero-order valence-electron chi connectivity index (χ0n) is 19.1. The van der Waals surface area contributed by atoms with Crippen molar-refractivity contribution in [2.45, 2.75) is 63.5 Å². The molecule has 2 aliphatic rings. The van der Waals surface area contributed by atoms with E-state index in [0.717, 1.165) is 37.2 Å². The van der Waals surface area contributed by atoms with E-state index in [1.54, 1.807) is 6.07 Å². The van der Waals surface area contributed by atoms with Gasteiger partial charge < -0.3 is 15.0 Å². The highest BCUT2D eigenvalue weighted by Gasteiger charge is 2.42. The maximum absolute atomic E-state index is 13.5. The summed E-state index contributed by atoms with van der Waals surface area (Å²) in [7, 11) is 0. The fourth-order valence-electron chi connectivity index (χ4n) is 4.96. The van der Waals surface area contributed by atoms with E-state index in [2.05, 4.69) is 27.4 Å². The number of amides is 1. The second-order valence-corrected chi connectivity index (χ2v) is 9.18. The highest BCUT2D eigenvalue weighted by molar-refractivity contribution is 5.88. The second-order valence-electron chi connectivity index (χ2n) is 9.18. The van der Waals surface area contributed by atoms with Gasteiger partial charge in [0.2, 0.25) is 5.91 Å². The Kier molecular flexibility index (Phi) is 6.94. The van der Waals surface area contributed by atoms with E-state index in [1.165, 1.54) is 4.68 Å². The highest BCUT2D eigenvalue weighted by atomic mass is 16.5. The monoisotopic (exact) mass is 438 g/mol. The Morgan fingerprint density at radius 1 is 1.16 bits per heavy atom. The topological polar surface area (TPSA) is 76.5 Å². The van der Waals surface area contributed by atoms with Crippen molar-refractivity contribution in [2.75, 3.05) is 31.2 Å². The molecule has 172 valence electrons. The molecule has 0 bridgehead atoms. The molecule has 2 saturated heterocycles. The number of carbonyl (C=O) groups is 1. The lowest BCUT2D eigenvalue weighted by atomic mass is 9.73. The van der Waals surface area contributed by atoms with Gasteiger partial charge in [-0.2, -0.15) is 5.10 Å². The molecule has 1 atom stereocenters. The lowest BCUT2D eigenvalue weighted by molar-refractivity contribution is -0.130. The molecule has 1 N–H and O–H groups in total. The predicted octanol–water partition coefficient (Wildman–Crippen LogP) is 3.05. The van der Waals surface area contributed by atoms with Crippen LogP contribution in [0.3, 0.4) is 0 Å². The van der Waals surface area contributed by atoms with Crippen molar-refractivity contribution in [3.63, 3.8) is 0 Å². The molecule has 0 spiro atoms. The van der Waals surface area contributed by atoms with Gasteiger partial charge in [0.05, 0.1) is 11.5 Å². The van der Waals surface area contributed by atoms with Crippen molar-refractivity contribution in [3.05, 3.63) is 58.4 Å². The van der Waals surface area contributed by atoms with Crippen LogP contribution in [0.2, 0.25) is 0 Å². The first-order valence-corrected chi connectivity index (χ1v) is 11.8. The number of piperidine rings is 1. The number of hydrogen-bond acceptors (Lipinski definition) is 5. The van der Waals surface area contributed by atoms with Gasteiger partial charge in [-0.05, 0) is 57.6 Å². The standard InChI is InChI=1S/C25H34N4O3/c1-19(2)29-23(30)12-11-22(27-29)28-15-7-6-10-21(28)18-26-24(31)25(13-16-32-17-14-25)20-8-4-3-5-9-20/h3-5,8-9,11-12,19,21H,6-7,10,13-18H2,1-2H3,(H,26,31). The van der Waals surface area contributed by atoms with Crippen LogP contribution in [0, 0.1) is 0 Å². The number of ether oxygens (including phenoxy) is 1. The van der Waals surface area contributed by atoms with Gasteiger partial charge in [0, 0.05) is 38.4 Å². The van der Waals surface area contributed by atoms with Gasteiger partial charge >= 0.3 is 0 Å². The summed E-state index contributed by atoms with van der Waals surface area (Å²) in [5.41, 5.74) is 0.434. The minimum atomic E-state index is -0.540. The van der Waals surface area contributed by atoms with Crippen molar-refractivity contribution in [1.29, 1.82) is 0 Å². The third kappa shape index (κ3) is 4.58. The highest BCUT2D eigenvalue weighted by Crippen LogP contribution is 2.35. The molecular formula is C25H34N4O3. The fraction of sp³-hybridized carbons (Fsp3) is 0.560. The van der Waals surface area contributed by atoms with Crippen molar-refractivity contribution >= 4 is 11.7 Å². The first-order valence-electron chi connectivity index (χ1n) is 11.8. The minimum Gasteiger partial charge on any atom is -0.381 e. The molecular weight excluding hydrogens is 404 g/mol. The lowest BCUT2D eigenvalue weighted by Gasteiger charge is -2.39. The van der Waals surface area contributed by atoms with Gasteiger partial charge in [-0.25, -0.2) is 4.68 Å². The van der Waals surface area contributed by atoms with Crippen LogP contribution in [0.4, 0.5) is 5.82 Å². The summed E-state index contributed by atoms with van der Waals surface area (Å²) >= 11 is 0. The van der Waals surface area contributed by atoms with Crippen LogP contribution in [0.15, 0.2) is 47.3 Å². The van der Waals surface area contributed by atoms with Crippen LogP contribution in [0.25, 0.3) is 0 Å². The summed E-state index contributed by atoms with van der Waals surface area (Å²) in [4.78, 5) is 28.0. The molecule has 0 radical (unpaired) electrons. The Balaban J connectivity index is 1.51. The summed E-state index contributed by atoms with van der Waals surface area (Å²) in [5, 5.41) is 7.90. The average Bonchev–Trinajstić information content (AvgIpc) is 2.84. The predicted molar refractivity (Wildman–Crippen MR) is 125 cm³/mol. The quantitative estimate of drug-likeness (QED) is 0.750. The van der Waals surface area contributed by atoms with E-state index in [1.807, 2.05) is 38.1 Å². The Morgan fingerprint density at radius 2 is 1.91 bits per heavy atom. The van der Waals surface area contributed by atoms with E-state index in [0.29, 0.717) is 32.6 Å². The van der Waals surface area contributed by atoms with Gasteiger partial charge in [-0.1, -0.05) is 30.3 Å². The molecule has 1 amide bonds. The Morgan fingerprint density at radius 3 is 2.62 bits per heavy atom. The summed E-state index contributed by atoms with van der Waals surface area (Å²) < 4.78 is 7.12. The molecule has 1 aromatic heterocycles. The molecule has 2 fully saturated rings. The Hall–Kier alpha value is -2.67. The molecule has 2 aromatic rings. The molecule has 7 heteroatoms. The van der Waals surface area contributed by atoms with Crippen LogP contribution < -0.4 is 15.8 Å². The van der Waals surface area contributed by atoms with Crippen LogP contribution in [-0.2, 0) is 14.9 Å². The van der Waals surface area contributed by atoms with Gasteiger partial charge in [0.15, 0.2) is 0 Å². The Labute approximate surface area is 189 Å². The van der Waals surface area contributed by atoms with Gasteiger partial charge in [0.25, 0.3) is 5.56 Å². The number of anilines is 1. The van der Waals surface area contributed by atoms with Gasteiger partial charge in [-0.3, -0.25) is 9.59 Å². The maximum Gasteiger partial charge on any atom is 0.267 e. The lowest BCUT2D eigenvalue weighted by Crippen LogP contribution is -2.53. The van der Waals surface area contributed by atoms with Crippen LogP contribution >= 0.6 is 0 Å². The summed E-state index contributed by atoms with van der Waals surface area (Å²) in [6.45, 7) is 6.56. The number of carbonyl (C=O) groups excluding carboxylic acids is 1. The maximum atomic E-state index is 13.5. The van der Waals surface area contributed by atoms with Crippen LogP contribution in [0.1, 0.15) is 57.6 Å². The van der Waals surface area contributed by atoms with E-state index < -0.39 is 5.41 Å². The van der Waals surface area contributed by atoms with E-state index in [4.69, 9.17) is 4.74 Å². The molecule has 1 aromatic carbocycles. The third-order valence-corrected chi connectivity index (χ3v) is 6.83. The third-order valence-electron chi connectivity index (χ3n) is 6.83. The number of benzene rings is 1. The summed E-state index contributed by atoms with van der Waals surface area (Å²) in [6, 6.07) is 13.7. The largest absolute Gasteiger partial charge is 0.381 e. The SMILES string of the molecule is CC(C)n1nc(N2CCCCC2CNC(=O)C2(c3ccccc3)CCOCC2)ccc1=O. The summed E-state index contributed by atoms with van der Waals surface area (Å²) in [5.74, 6) is 0.888. The summed E-state index contributed by atoms with van der Waals surface area (Å²) in [6.07, 6.45) is 4.58. The van der Waals surface area contributed by atoms with Crippen molar-refractivity contribution < 1.29 is 9.53 Å². The average molecular weight is 439 g/mol. The van der Waals surface area contributed by atoms with Crippen LogP contribution in [0.5, 0.6) is 0 Å². The first-order chi connectivity index (χ1) is 15.5. The number of hydrogen-bond donors (Lipinski definition) is 1. The van der Waals surface area contributed by atoms with E-state index in [9.17, 15) is 9.59 Å². The fourth-order valence-corrected chi connectivity index (χ4v) is 4.96. The molecule has 0 saturated carbocycles. The first kappa shape index (κ1) is 22.5. The van der Waals surface area contributed by atoms with Crippen LogP contribution in [-0.4, -0.2) is 48.0 Å². The Bertz CT molecular complexity index is 967. The molecule has 3 heterocycles. The van der Waals surface area contributed by atoms with Gasteiger partial charge in [-0.15, -0.1) is 0 Å². The zero-order valence-corrected chi connectivity index (χ0v) is 19.1. The molecule has 2 aliphatic heterocycles. The zero-order chi connectivity index (χ0) is 22.6. The number of aromatic nitrogens is 2. The molecule has 32 heavy (non-hydrogen) atoms. The van der Waals surface area contributed by atoms with E-state index in [-0.39, 0.29) is 23.6 Å². The number of nitrogens with zero attached hydrogens (tertiary/aromatic N) is 3. The molecule has 1 unspecified atom stereocenters. The number of rotatable bonds is 6. The molecule has 0 aliphatic carbocycles. The number of nitrogens with one attached hydrogen (secondary N) is 1.